The summed E-state index contributed by atoms with van der Waals surface area (Å²) in [5.41, 5.74) is -0.0498. The molecule has 0 atom stereocenters. The number of ether oxygens (including phenoxy) is 1. The van der Waals surface area contributed by atoms with Crippen molar-refractivity contribution in [1.82, 2.24) is 5.32 Å². The summed E-state index contributed by atoms with van der Waals surface area (Å²) >= 11 is 0. The maximum absolute atomic E-state index is 12.8. The first kappa shape index (κ1) is 13.8. The standard InChI is InChI=1S/C12H16F3NO/c1-3-9-4-5-11(17-7-6-16-2)10(8-9)12(13,14)15/h4-5,8,16H,3,6-7H2,1-2H3. The number of nitrogens with one attached hydrogen (secondary N) is 1. The minimum atomic E-state index is -4.37. The topological polar surface area (TPSA) is 21.3 Å². The summed E-state index contributed by atoms with van der Waals surface area (Å²) in [6.45, 7) is 2.54. The van der Waals surface area contributed by atoms with E-state index in [2.05, 4.69) is 5.32 Å². The zero-order valence-corrected chi connectivity index (χ0v) is 9.90. The predicted molar refractivity (Wildman–Crippen MR) is 60.2 cm³/mol. The average Bonchev–Trinajstić information content (AvgIpc) is 2.28. The fraction of sp³-hybridized carbons (Fsp3) is 0.500. The van der Waals surface area contributed by atoms with Gasteiger partial charge in [-0.1, -0.05) is 13.0 Å². The van der Waals surface area contributed by atoms with E-state index in [-0.39, 0.29) is 12.4 Å². The van der Waals surface area contributed by atoms with Gasteiger partial charge in [0.2, 0.25) is 0 Å². The fourth-order valence-corrected chi connectivity index (χ4v) is 1.41. The Morgan fingerprint density at radius 3 is 2.53 bits per heavy atom. The highest BCUT2D eigenvalue weighted by atomic mass is 19.4. The first-order valence-corrected chi connectivity index (χ1v) is 5.46. The van der Waals surface area contributed by atoms with E-state index in [1.165, 1.54) is 6.07 Å². The molecule has 0 heterocycles. The van der Waals surface area contributed by atoms with Crippen LogP contribution in [0.15, 0.2) is 18.2 Å². The molecule has 1 rings (SSSR count). The van der Waals surface area contributed by atoms with Gasteiger partial charge < -0.3 is 10.1 Å². The smallest absolute Gasteiger partial charge is 0.419 e. The molecular formula is C12H16F3NO. The molecule has 0 amide bonds. The normalized spacial score (nSPS) is 11.6. The quantitative estimate of drug-likeness (QED) is 0.808. The van der Waals surface area contributed by atoms with Crippen LogP contribution in [0.2, 0.25) is 0 Å². The number of benzene rings is 1. The Morgan fingerprint density at radius 1 is 1.29 bits per heavy atom. The third-order valence-corrected chi connectivity index (χ3v) is 2.37. The second-order valence-corrected chi connectivity index (χ2v) is 3.63. The van der Waals surface area contributed by atoms with Crippen LogP contribution >= 0.6 is 0 Å². The molecule has 0 aliphatic rings. The summed E-state index contributed by atoms with van der Waals surface area (Å²) in [7, 11) is 1.72. The van der Waals surface area contributed by atoms with Gasteiger partial charge in [-0.05, 0) is 31.2 Å². The third-order valence-electron chi connectivity index (χ3n) is 2.37. The molecule has 0 aromatic heterocycles. The SMILES string of the molecule is CCc1ccc(OCCNC)c(C(F)(F)F)c1. The first-order chi connectivity index (χ1) is 7.99. The Balaban J connectivity index is 2.95. The average molecular weight is 247 g/mol. The van der Waals surface area contributed by atoms with Crippen molar-refractivity contribution in [2.75, 3.05) is 20.2 Å². The summed E-state index contributed by atoms with van der Waals surface area (Å²) in [6.07, 6.45) is -3.81. The molecule has 1 aromatic carbocycles. The molecule has 0 unspecified atom stereocenters. The summed E-state index contributed by atoms with van der Waals surface area (Å²) in [5, 5.41) is 2.81. The van der Waals surface area contributed by atoms with E-state index in [9.17, 15) is 13.2 Å². The van der Waals surface area contributed by atoms with Crippen molar-refractivity contribution in [2.24, 2.45) is 0 Å². The van der Waals surface area contributed by atoms with E-state index in [4.69, 9.17) is 4.74 Å². The lowest BCUT2D eigenvalue weighted by Gasteiger charge is -2.15. The van der Waals surface area contributed by atoms with Crippen molar-refractivity contribution >= 4 is 0 Å². The van der Waals surface area contributed by atoms with E-state index in [1.807, 2.05) is 6.92 Å². The number of likely N-dealkylation sites (N-methyl/N-ethyl adjacent to an activating group) is 1. The highest BCUT2D eigenvalue weighted by Crippen LogP contribution is 2.36. The van der Waals surface area contributed by atoms with Gasteiger partial charge in [-0.15, -0.1) is 0 Å². The largest absolute Gasteiger partial charge is 0.492 e. The fourth-order valence-electron chi connectivity index (χ4n) is 1.41. The van der Waals surface area contributed by atoms with Crippen molar-refractivity contribution < 1.29 is 17.9 Å². The van der Waals surface area contributed by atoms with Gasteiger partial charge in [-0.2, -0.15) is 13.2 Å². The summed E-state index contributed by atoms with van der Waals surface area (Å²) in [6, 6.07) is 4.19. The molecule has 0 fully saturated rings. The minimum Gasteiger partial charge on any atom is -0.492 e. The van der Waals surface area contributed by atoms with Crippen LogP contribution in [-0.4, -0.2) is 20.2 Å². The van der Waals surface area contributed by atoms with E-state index in [1.54, 1.807) is 13.1 Å². The monoisotopic (exact) mass is 247 g/mol. The molecular weight excluding hydrogens is 231 g/mol. The summed E-state index contributed by atoms with van der Waals surface area (Å²) < 4.78 is 43.5. The molecule has 0 bridgehead atoms. The van der Waals surface area contributed by atoms with E-state index in [0.29, 0.717) is 18.5 Å². The molecule has 0 aliphatic heterocycles. The Hall–Kier alpha value is -1.23. The molecule has 1 N–H and O–H groups in total. The van der Waals surface area contributed by atoms with Crippen molar-refractivity contribution in [1.29, 1.82) is 0 Å². The lowest BCUT2D eigenvalue weighted by Crippen LogP contribution is -2.17. The Bertz CT molecular complexity index is 363. The number of halogens is 3. The zero-order valence-electron chi connectivity index (χ0n) is 9.90. The molecule has 0 saturated carbocycles. The van der Waals surface area contributed by atoms with Gasteiger partial charge in [0, 0.05) is 6.54 Å². The van der Waals surface area contributed by atoms with E-state index < -0.39 is 11.7 Å². The van der Waals surface area contributed by atoms with Gasteiger partial charge in [0.05, 0.1) is 5.56 Å². The van der Waals surface area contributed by atoms with Crippen LogP contribution in [0, 0.1) is 0 Å². The van der Waals surface area contributed by atoms with Crippen LogP contribution in [0.4, 0.5) is 13.2 Å². The lowest BCUT2D eigenvalue weighted by atomic mass is 10.1. The van der Waals surface area contributed by atoms with Gasteiger partial charge in [-0.3, -0.25) is 0 Å². The molecule has 96 valence electrons. The number of alkyl halides is 3. The summed E-state index contributed by atoms with van der Waals surface area (Å²) in [4.78, 5) is 0. The summed E-state index contributed by atoms with van der Waals surface area (Å²) in [5.74, 6) is -0.107. The molecule has 5 heteroatoms. The minimum absolute atomic E-state index is 0.107. The van der Waals surface area contributed by atoms with Crippen LogP contribution in [0.25, 0.3) is 0 Å². The van der Waals surface area contributed by atoms with Gasteiger partial charge in [0.25, 0.3) is 0 Å². The van der Waals surface area contributed by atoms with Crippen LogP contribution < -0.4 is 10.1 Å². The van der Waals surface area contributed by atoms with Crippen molar-refractivity contribution in [3.05, 3.63) is 29.3 Å². The number of aryl methyl sites for hydroxylation is 1. The molecule has 0 spiro atoms. The second kappa shape index (κ2) is 5.91. The van der Waals surface area contributed by atoms with Crippen molar-refractivity contribution in [3.63, 3.8) is 0 Å². The lowest BCUT2D eigenvalue weighted by molar-refractivity contribution is -0.139. The predicted octanol–water partition coefficient (Wildman–Crippen LogP) is 2.87. The van der Waals surface area contributed by atoms with Crippen LogP contribution in [0.3, 0.4) is 0 Å². The number of hydrogen-bond acceptors (Lipinski definition) is 2. The van der Waals surface area contributed by atoms with Crippen LogP contribution in [0.1, 0.15) is 18.1 Å². The molecule has 0 aliphatic carbocycles. The maximum atomic E-state index is 12.8. The molecule has 17 heavy (non-hydrogen) atoms. The van der Waals surface area contributed by atoms with Crippen molar-refractivity contribution in [3.8, 4) is 5.75 Å². The first-order valence-electron chi connectivity index (χ1n) is 5.46. The van der Waals surface area contributed by atoms with Gasteiger partial charge >= 0.3 is 6.18 Å². The van der Waals surface area contributed by atoms with E-state index in [0.717, 1.165) is 6.07 Å². The van der Waals surface area contributed by atoms with Crippen LogP contribution in [-0.2, 0) is 12.6 Å². The Morgan fingerprint density at radius 2 is 2.00 bits per heavy atom. The Kier molecular flexibility index (Phi) is 4.81. The highest BCUT2D eigenvalue weighted by Gasteiger charge is 2.34. The second-order valence-electron chi connectivity index (χ2n) is 3.63. The zero-order chi connectivity index (χ0) is 12.9. The molecule has 0 saturated heterocycles. The Labute approximate surface area is 98.8 Å². The van der Waals surface area contributed by atoms with Gasteiger partial charge in [-0.25, -0.2) is 0 Å². The third kappa shape index (κ3) is 3.93. The number of rotatable bonds is 5. The van der Waals surface area contributed by atoms with Gasteiger partial charge in [0.15, 0.2) is 0 Å². The van der Waals surface area contributed by atoms with Crippen molar-refractivity contribution in [2.45, 2.75) is 19.5 Å². The maximum Gasteiger partial charge on any atom is 0.419 e. The molecule has 0 radical (unpaired) electrons. The molecule has 2 nitrogen and oxygen atoms in total. The number of hydrogen-bond donors (Lipinski definition) is 1. The highest BCUT2D eigenvalue weighted by molar-refractivity contribution is 5.39. The molecule has 1 aromatic rings. The van der Waals surface area contributed by atoms with E-state index >= 15 is 0 Å². The van der Waals surface area contributed by atoms with Crippen LogP contribution in [0.5, 0.6) is 5.75 Å². The van der Waals surface area contributed by atoms with Gasteiger partial charge in [0.1, 0.15) is 12.4 Å².